The SMILES string of the molecule is COc1cc2c(cc1OC)[C@H](CO)c1cc3c(cc1[C@H](N=[N+]=[N-])C2)OCO3. The molecule has 0 aromatic heterocycles. The molecule has 1 aliphatic carbocycles. The van der Waals surface area contributed by atoms with Gasteiger partial charge in [0, 0.05) is 10.8 Å². The summed E-state index contributed by atoms with van der Waals surface area (Å²) in [6.45, 7) is 0.0356. The van der Waals surface area contributed by atoms with Crippen molar-refractivity contribution in [3.05, 3.63) is 57.0 Å². The Morgan fingerprint density at radius 2 is 1.74 bits per heavy atom. The Morgan fingerprint density at radius 3 is 2.37 bits per heavy atom. The lowest BCUT2D eigenvalue weighted by Gasteiger charge is -2.20. The molecule has 8 nitrogen and oxygen atoms in total. The first-order chi connectivity index (χ1) is 13.2. The van der Waals surface area contributed by atoms with Gasteiger partial charge < -0.3 is 24.1 Å². The molecule has 0 bridgehead atoms. The molecule has 1 aliphatic heterocycles. The van der Waals surface area contributed by atoms with Crippen molar-refractivity contribution in [1.29, 1.82) is 0 Å². The van der Waals surface area contributed by atoms with Gasteiger partial charge in [-0.05, 0) is 58.5 Å². The number of fused-ring (bicyclic) bond motifs is 3. The van der Waals surface area contributed by atoms with E-state index in [1.54, 1.807) is 14.2 Å². The number of azide groups is 1. The van der Waals surface area contributed by atoms with Crippen LogP contribution in [-0.4, -0.2) is 32.7 Å². The molecular weight excluding hydrogens is 350 g/mol. The highest BCUT2D eigenvalue weighted by Gasteiger charge is 2.32. The van der Waals surface area contributed by atoms with Crippen LogP contribution < -0.4 is 18.9 Å². The van der Waals surface area contributed by atoms with E-state index in [2.05, 4.69) is 10.0 Å². The van der Waals surface area contributed by atoms with Crippen LogP contribution in [0.1, 0.15) is 34.2 Å². The number of methoxy groups -OCH3 is 2. The number of benzene rings is 2. The number of rotatable bonds is 4. The van der Waals surface area contributed by atoms with Crippen LogP contribution in [0.2, 0.25) is 0 Å². The molecule has 0 saturated heterocycles. The Balaban J connectivity index is 1.97. The predicted octanol–water partition coefficient (Wildman–Crippen LogP) is 3.46. The Bertz CT molecular complexity index is 939. The Kier molecular flexibility index (Phi) is 4.43. The van der Waals surface area contributed by atoms with Crippen molar-refractivity contribution in [2.45, 2.75) is 18.4 Å². The number of aliphatic hydroxyl groups excluding tert-OH is 1. The third-order valence-corrected chi connectivity index (χ3v) is 5.12. The molecule has 8 heteroatoms. The lowest BCUT2D eigenvalue weighted by molar-refractivity contribution is 0.174. The van der Waals surface area contributed by atoms with Crippen LogP contribution in [0, 0.1) is 0 Å². The van der Waals surface area contributed by atoms with Crippen LogP contribution in [0.25, 0.3) is 10.4 Å². The molecule has 0 amide bonds. The number of aliphatic hydroxyl groups is 1. The van der Waals surface area contributed by atoms with Crippen molar-refractivity contribution in [3.8, 4) is 23.0 Å². The van der Waals surface area contributed by atoms with Gasteiger partial charge in [0.15, 0.2) is 23.0 Å². The molecule has 1 N–H and O–H groups in total. The Hall–Kier alpha value is -3.09. The molecule has 0 unspecified atom stereocenters. The van der Waals surface area contributed by atoms with Gasteiger partial charge in [0.25, 0.3) is 0 Å². The van der Waals surface area contributed by atoms with Gasteiger partial charge in [0.05, 0.1) is 26.9 Å². The number of ether oxygens (including phenoxy) is 4. The quantitative estimate of drug-likeness (QED) is 0.505. The Labute approximate surface area is 155 Å². The van der Waals surface area contributed by atoms with Crippen LogP contribution in [0.15, 0.2) is 29.4 Å². The first kappa shape index (κ1) is 17.3. The molecule has 27 heavy (non-hydrogen) atoms. The van der Waals surface area contributed by atoms with Gasteiger partial charge >= 0.3 is 0 Å². The van der Waals surface area contributed by atoms with Gasteiger partial charge in [-0.3, -0.25) is 0 Å². The van der Waals surface area contributed by atoms with Crippen LogP contribution in [-0.2, 0) is 6.42 Å². The minimum Gasteiger partial charge on any atom is -0.493 e. The van der Waals surface area contributed by atoms with E-state index in [1.807, 2.05) is 24.3 Å². The lowest BCUT2D eigenvalue weighted by atomic mass is 9.88. The number of nitrogens with zero attached hydrogens (tertiary/aromatic N) is 3. The van der Waals surface area contributed by atoms with Crippen LogP contribution in [0.3, 0.4) is 0 Å². The van der Waals surface area contributed by atoms with Crippen molar-refractivity contribution in [3.63, 3.8) is 0 Å². The monoisotopic (exact) mass is 369 g/mol. The molecule has 2 aromatic rings. The van der Waals surface area contributed by atoms with Crippen LogP contribution in [0.4, 0.5) is 0 Å². The second-order valence-electron chi connectivity index (χ2n) is 6.40. The molecule has 0 radical (unpaired) electrons. The molecule has 0 fully saturated rings. The Morgan fingerprint density at radius 1 is 1.07 bits per heavy atom. The van der Waals surface area contributed by atoms with E-state index in [0.29, 0.717) is 29.4 Å². The molecule has 140 valence electrons. The zero-order valence-corrected chi connectivity index (χ0v) is 15.0. The maximum absolute atomic E-state index is 10.2. The van der Waals surface area contributed by atoms with Crippen molar-refractivity contribution in [1.82, 2.24) is 0 Å². The van der Waals surface area contributed by atoms with E-state index < -0.39 is 6.04 Å². The van der Waals surface area contributed by atoms with Gasteiger partial charge in [-0.2, -0.15) is 0 Å². The summed E-state index contributed by atoms with van der Waals surface area (Å²) in [7, 11) is 3.15. The standard InChI is InChI=1S/C19H19N3O5/c1-24-16-4-10-3-15(21-22-20)13-7-19-18(26-9-27-19)6-12(13)14(8-23)11(10)5-17(16)25-2/h4-7,14-15,23H,3,8-9H2,1-2H3/t14-,15+/m0/s1. The van der Waals surface area contributed by atoms with Gasteiger partial charge in [0.1, 0.15) is 0 Å². The summed E-state index contributed by atoms with van der Waals surface area (Å²) in [4.78, 5) is 3.03. The second-order valence-corrected chi connectivity index (χ2v) is 6.40. The molecule has 2 atom stereocenters. The first-order valence-electron chi connectivity index (χ1n) is 8.53. The van der Waals surface area contributed by atoms with E-state index in [-0.39, 0.29) is 19.3 Å². The van der Waals surface area contributed by atoms with E-state index in [4.69, 9.17) is 24.5 Å². The van der Waals surface area contributed by atoms with Gasteiger partial charge in [-0.25, -0.2) is 0 Å². The molecule has 1 heterocycles. The van der Waals surface area contributed by atoms with E-state index in [0.717, 1.165) is 22.3 Å². The largest absolute Gasteiger partial charge is 0.493 e. The molecule has 2 aliphatic rings. The highest BCUT2D eigenvalue weighted by Crippen LogP contribution is 2.47. The van der Waals surface area contributed by atoms with Crippen molar-refractivity contribution >= 4 is 0 Å². The van der Waals surface area contributed by atoms with Crippen LogP contribution in [0.5, 0.6) is 23.0 Å². The van der Waals surface area contributed by atoms with Crippen molar-refractivity contribution < 1.29 is 24.1 Å². The summed E-state index contributed by atoms with van der Waals surface area (Å²) in [5.74, 6) is 2.09. The minimum atomic E-state index is -0.437. The van der Waals surface area contributed by atoms with Gasteiger partial charge in [-0.1, -0.05) is 5.11 Å². The normalized spacial score (nSPS) is 19.4. The van der Waals surface area contributed by atoms with Crippen molar-refractivity contribution in [2.75, 3.05) is 27.6 Å². The van der Waals surface area contributed by atoms with E-state index >= 15 is 0 Å². The second kappa shape index (κ2) is 6.90. The summed E-state index contributed by atoms with van der Waals surface area (Å²) in [6, 6.07) is 7.03. The molecular formula is C19H19N3O5. The molecule has 0 saturated carbocycles. The maximum atomic E-state index is 10.2. The molecule has 0 spiro atoms. The zero-order valence-electron chi connectivity index (χ0n) is 15.0. The van der Waals surface area contributed by atoms with Crippen molar-refractivity contribution in [2.24, 2.45) is 5.11 Å². The average Bonchev–Trinajstić information content (AvgIpc) is 3.10. The summed E-state index contributed by atoms with van der Waals surface area (Å²) < 4.78 is 21.9. The summed E-state index contributed by atoms with van der Waals surface area (Å²) in [5.41, 5.74) is 12.6. The first-order valence-corrected chi connectivity index (χ1v) is 8.53. The fourth-order valence-corrected chi connectivity index (χ4v) is 3.85. The lowest BCUT2D eigenvalue weighted by Crippen LogP contribution is -2.09. The summed E-state index contributed by atoms with van der Waals surface area (Å²) in [6.07, 6.45) is 0.475. The number of hydrogen-bond acceptors (Lipinski definition) is 6. The molecule has 4 rings (SSSR count). The summed E-state index contributed by atoms with van der Waals surface area (Å²) in [5, 5.41) is 14.2. The fourth-order valence-electron chi connectivity index (χ4n) is 3.85. The van der Waals surface area contributed by atoms with Crippen LogP contribution >= 0.6 is 0 Å². The van der Waals surface area contributed by atoms with E-state index in [1.165, 1.54) is 0 Å². The van der Waals surface area contributed by atoms with Gasteiger partial charge in [-0.15, -0.1) is 0 Å². The summed E-state index contributed by atoms with van der Waals surface area (Å²) >= 11 is 0. The predicted molar refractivity (Wildman–Crippen MR) is 96.6 cm³/mol. The average molecular weight is 369 g/mol. The molecule has 2 aromatic carbocycles. The highest BCUT2D eigenvalue weighted by atomic mass is 16.7. The van der Waals surface area contributed by atoms with Gasteiger partial charge in [0.2, 0.25) is 6.79 Å². The van der Waals surface area contributed by atoms with E-state index in [9.17, 15) is 5.11 Å². The third kappa shape index (κ3) is 2.79. The minimum absolute atomic E-state index is 0.113. The fraction of sp³-hybridized carbons (Fsp3) is 0.368. The number of hydrogen-bond donors (Lipinski definition) is 1. The smallest absolute Gasteiger partial charge is 0.231 e. The zero-order chi connectivity index (χ0) is 19.0. The highest BCUT2D eigenvalue weighted by molar-refractivity contribution is 5.58. The topological polar surface area (TPSA) is 106 Å². The maximum Gasteiger partial charge on any atom is 0.231 e. The third-order valence-electron chi connectivity index (χ3n) is 5.12.